The summed E-state index contributed by atoms with van der Waals surface area (Å²) < 4.78 is 36.3. The molecule has 1 heterocycles. The van der Waals surface area contributed by atoms with Crippen LogP contribution in [0.15, 0.2) is 46.2 Å². The fourth-order valence-corrected chi connectivity index (χ4v) is 4.94. The Hall–Kier alpha value is -2.91. The SMILES string of the molecule is C[C@@H](OC(C)(C)C)[C@H](NC(=O)OCC1=Cc2c(ccc3ccccc23)S1(=O)=O)C(=O)O. The van der Waals surface area contributed by atoms with E-state index in [1.807, 2.05) is 24.3 Å². The number of rotatable bonds is 6. The highest BCUT2D eigenvalue weighted by Crippen LogP contribution is 2.37. The molecule has 2 aromatic carbocycles. The molecule has 2 N–H and O–H groups in total. The van der Waals surface area contributed by atoms with Crippen LogP contribution in [-0.4, -0.2) is 49.9 Å². The van der Waals surface area contributed by atoms with E-state index in [-0.39, 0.29) is 9.80 Å². The van der Waals surface area contributed by atoms with Gasteiger partial charge in [0.25, 0.3) is 0 Å². The minimum atomic E-state index is -3.80. The molecular weight excluding hydrogens is 422 g/mol. The molecule has 0 saturated carbocycles. The zero-order chi connectivity index (χ0) is 23.0. The number of carbonyl (C=O) groups is 2. The Bertz CT molecular complexity index is 1160. The van der Waals surface area contributed by atoms with Crippen molar-refractivity contribution in [2.75, 3.05) is 6.61 Å². The summed E-state index contributed by atoms with van der Waals surface area (Å²) in [4.78, 5) is 23.8. The molecule has 9 heteroatoms. The van der Waals surface area contributed by atoms with Crippen LogP contribution in [0.1, 0.15) is 33.3 Å². The molecule has 31 heavy (non-hydrogen) atoms. The Morgan fingerprint density at radius 3 is 2.45 bits per heavy atom. The lowest BCUT2D eigenvalue weighted by atomic mass is 10.0. The van der Waals surface area contributed by atoms with Gasteiger partial charge < -0.3 is 19.9 Å². The van der Waals surface area contributed by atoms with E-state index in [2.05, 4.69) is 5.32 Å². The molecule has 1 amide bonds. The molecule has 3 rings (SSSR count). The first-order chi connectivity index (χ1) is 14.4. The monoisotopic (exact) mass is 447 g/mol. The maximum Gasteiger partial charge on any atom is 0.408 e. The molecule has 0 radical (unpaired) electrons. The van der Waals surface area contributed by atoms with E-state index in [1.165, 1.54) is 19.1 Å². The molecule has 0 aliphatic carbocycles. The lowest BCUT2D eigenvalue weighted by Crippen LogP contribution is -2.50. The van der Waals surface area contributed by atoms with Crippen LogP contribution in [0.4, 0.5) is 4.79 Å². The molecule has 0 spiro atoms. The van der Waals surface area contributed by atoms with Gasteiger partial charge in [-0.05, 0) is 50.6 Å². The standard InChI is InChI=1S/C22H25NO7S/c1-13(30-22(2,3)4)19(20(24)25)23-21(26)29-12-15-11-17-16-8-6-5-7-14(16)9-10-18(17)31(15,27)28/h5-11,13,19H,12H2,1-4H3,(H,23,26)(H,24,25)/t13-,19+/m1/s1. The highest BCUT2D eigenvalue weighted by Gasteiger charge is 2.33. The predicted molar refractivity (Wildman–Crippen MR) is 115 cm³/mol. The number of alkyl carbamates (subject to hydrolysis) is 1. The van der Waals surface area contributed by atoms with E-state index < -0.39 is 46.3 Å². The topological polar surface area (TPSA) is 119 Å². The smallest absolute Gasteiger partial charge is 0.408 e. The fourth-order valence-electron chi connectivity index (χ4n) is 3.47. The zero-order valence-corrected chi connectivity index (χ0v) is 18.5. The maximum absolute atomic E-state index is 12.8. The zero-order valence-electron chi connectivity index (χ0n) is 17.7. The van der Waals surface area contributed by atoms with Gasteiger partial charge in [0, 0.05) is 5.56 Å². The third-order valence-corrected chi connectivity index (χ3v) is 6.63. The third-order valence-electron chi connectivity index (χ3n) is 4.76. The summed E-state index contributed by atoms with van der Waals surface area (Å²) in [7, 11) is -3.80. The molecule has 2 atom stereocenters. The summed E-state index contributed by atoms with van der Waals surface area (Å²) in [6.07, 6.45) is -0.399. The van der Waals surface area contributed by atoms with Crippen molar-refractivity contribution in [3.63, 3.8) is 0 Å². The second kappa shape index (κ2) is 8.32. The second-order valence-corrected chi connectivity index (χ2v) is 10.3. The number of carboxylic acids is 1. The van der Waals surface area contributed by atoms with Crippen molar-refractivity contribution in [1.29, 1.82) is 0 Å². The highest BCUT2D eigenvalue weighted by molar-refractivity contribution is 7.95. The van der Waals surface area contributed by atoms with Gasteiger partial charge in [0.05, 0.1) is 21.5 Å². The Morgan fingerprint density at radius 2 is 1.81 bits per heavy atom. The van der Waals surface area contributed by atoms with E-state index in [4.69, 9.17) is 9.47 Å². The number of hydrogen-bond acceptors (Lipinski definition) is 6. The Balaban J connectivity index is 1.73. The minimum absolute atomic E-state index is 0.0696. The number of aliphatic carboxylic acids is 1. The van der Waals surface area contributed by atoms with Crippen LogP contribution in [0.3, 0.4) is 0 Å². The number of carbonyl (C=O) groups excluding carboxylic acids is 1. The number of nitrogens with one attached hydrogen (secondary N) is 1. The van der Waals surface area contributed by atoms with E-state index >= 15 is 0 Å². The number of carboxylic acid groups (broad SMARTS) is 1. The van der Waals surface area contributed by atoms with E-state index in [1.54, 1.807) is 26.8 Å². The van der Waals surface area contributed by atoms with Gasteiger partial charge in [-0.3, -0.25) is 0 Å². The highest BCUT2D eigenvalue weighted by atomic mass is 32.2. The van der Waals surface area contributed by atoms with Crippen molar-refractivity contribution in [1.82, 2.24) is 5.32 Å². The molecule has 0 saturated heterocycles. The molecule has 1 aliphatic heterocycles. The van der Waals surface area contributed by atoms with Gasteiger partial charge in [0.1, 0.15) is 6.61 Å². The van der Waals surface area contributed by atoms with Gasteiger partial charge in [-0.15, -0.1) is 0 Å². The molecular formula is C22H25NO7S. The summed E-state index contributed by atoms with van der Waals surface area (Å²) in [5, 5.41) is 13.3. The summed E-state index contributed by atoms with van der Waals surface area (Å²) in [6.45, 7) is 6.30. The summed E-state index contributed by atoms with van der Waals surface area (Å²) in [5.41, 5.74) is -0.0663. The van der Waals surface area contributed by atoms with Gasteiger partial charge >= 0.3 is 12.1 Å². The molecule has 0 unspecified atom stereocenters. The quantitative estimate of drug-likeness (QED) is 0.697. The minimum Gasteiger partial charge on any atom is -0.480 e. The van der Waals surface area contributed by atoms with Gasteiger partial charge in [-0.25, -0.2) is 18.0 Å². The van der Waals surface area contributed by atoms with Crippen LogP contribution in [-0.2, 0) is 24.1 Å². The van der Waals surface area contributed by atoms with Crippen molar-refractivity contribution in [3.8, 4) is 0 Å². The average Bonchev–Trinajstić information content (AvgIpc) is 2.93. The number of ether oxygens (including phenoxy) is 2. The summed E-state index contributed by atoms with van der Waals surface area (Å²) in [6, 6.07) is 9.28. The van der Waals surface area contributed by atoms with Crippen molar-refractivity contribution in [2.24, 2.45) is 0 Å². The van der Waals surface area contributed by atoms with Gasteiger partial charge in [-0.1, -0.05) is 30.3 Å². The third kappa shape index (κ3) is 4.88. The molecule has 166 valence electrons. The molecule has 0 aromatic heterocycles. The van der Waals surface area contributed by atoms with E-state index in [0.717, 1.165) is 10.8 Å². The largest absolute Gasteiger partial charge is 0.480 e. The molecule has 8 nitrogen and oxygen atoms in total. The number of fused-ring (bicyclic) bond motifs is 3. The van der Waals surface area contributed by atoms with Crippen LogP contribution < -0.4 is 5.32 Å². The first-order valence-electron chi connectivity index (χ1n) is 9.71. The van der Waals surface area contributed by atoms with Crippen LogP contribution in [0.2, 0.25) is 0 Å². The van der Waals surface area contributed by atoms with Crippen LogP contribution in [0.5, 0.6) is 0 Å². The van der Waals surface area contributed by atoms with Gasteiger partial charge in [-0.2, -0.15) is 0 Å². The first-order valence-corrected chi connectivity index (χ1v) is 11.2. The normalized spacial score (nSPS) is 16.8. The Kier molecular flexibility index (Phi) is 6.11. The molecule has 0 fully saturated rings. The van der Waals surface area contributed by atoms with Crippen molar-refractivity contribution >= 4 is 38.7 Å². The van der Waals surface area contributed by atoms with Crippen molar-refractivity contribution < 1.29 is 32.6 Å². The lowest BCUT2D eigenvalue weighted by Gasteiger charge is -2.29. The van der Waals surface area contributed by atoms with Gasteiger partial charge in [0.15, 0.2) is 6.04 Å². The molecule has 1 aliphatic rings. The Morgan fingerprint density at radius 1 is 1.13 bits per heavy atom. The molecule has 2 aromatic rings. The lowest BCUT2D eigenvalue weighted by molar-refractivity contribution is -0.147. The maximum atomic E-state index is 12.8. The van der Waals surface area contributed by atoms with Crippen LogP contribution in [0.25, 0.3) is 16.8 Å². The van der Waals surface area contributed by atoms with Gasteiger partial charge in [0.2, 0.25) is 9.84 Å². The first kappa shape index (κ1) is 22.8. The number of sulfone groups is 1. The number of hydrogen-bond donors (Lipinski definition) is 2. The fraction of sp³-hybridized carbons (Fsp3) is 0.364. The molecule has 0 bridgehead atoms. The van der Waals surface area contributed by atoms with E-state index in [0.29, 0.717) is 5.56 Å². The average molecular weight is 448 g/mol. The van der Waals surface area contributed by atoms with Crippen LogP contribution in [0, 0.1) is 0 Å². The van der Waals surface area contributed by atoms with Crippen molar-refractivity contribution in [3.05, 3.63) is 46.9 Å². The number of amides is 1. The Labute approximate surface area is 180 Å². The van der Waals surface area contributed by atoms with E-state index in [9.17, 15) is 23.1 Å². The van der Waals surface area contributed by atoms with Crippen LogP contribution >= 0.6 is 0 Å². The summed E-state index contributed by atoms with van der Waals surface area (Å²) >= 11 is 0. The number of benzene rings is 2. The predicted octanol–water partition coefficient (Wildman–Crippen LogP) is 3.35. The van der Waals surface area contributed by atoms with Crippen molar-refractivity contribution in [2.45, 2.75) is 50.3 Å². The summed E-state index contributed by atoms with van der Waals surface area (Å²) in [5.74, 6) is -1.29. The second-order valence-electron chi connectivity index (χ2n) is 8.28.